The molecule has 15 heavy (non-hydrogen) atoms. The van der Waals surface area contributed by atoms with E-state index in [0.717, 1.165) is 0 Å². The van der Waals surface area contributed by atoms with Crippen molar-refractivity contribution in [2.45, 2.75) is 13.0 Å². The normalized spacial score (nSPS) is 11.9. The number of hydrogen-bond acceptors (Lipinski definition) is 2. The third kappa shape index (κ3) is 4.22. The van der Waals surface area contributed by atoms with Gasteiger partial charge in [-0.3, -0.25) is 0 Å². The molecule has 1 rings (SSSR count). The van der Waals surface area contributed by atoms with Gasteiger partial charge in [0.05, 0.1) is 11.8 Å². The minimum atomic E-state index is -0.495. The van der Waals surface area contributed by atoms with Crippen LogP contribution in [0.1, 0.15) is 6.92 Å². The van der Waals surface area contributed by atoms with Crippen LogP contribution < -0.4 is 10.6 Å². The molecule has 0 heterocycles. The largest absolute Gasteiger partial charge is 0.392 e. The van der Waals surface area contributed by atoms with E-state index in [1.54, 1.807) is 25.1 Å². The van der Waals surface area contributed by atoms with Gasteiger partial charge in [-0.1, -0.05) is 12.1 Å². The molecule has 0 unspecified atom stereocenters. The Bertz CT molecular complexity index is 344. The molecule has 3 N–H and O–H groups in total. The van der Waals surface area contributed by atoms with E-state index in [1.807, 2.05) is 0 Å². The second kappa shape index (κ2) is 5.63. The number of rotatable bonds is 3. The molecule has 0 saturated heterocycles. The van der Waals surface area contributed by atoms with Crippen LogP contribution >= 0.6 is 12.2 Å². The molecule has 0 aliphatic carbocycles. The van der Waals surface area contributed by atoms with E-state index < -0.39 is 6.10 Å². The molecule has 0 aliphatic heterocycles. The van der Waals surface area contributed by atoms with E-state index in [9.17, 15) is 4.39 Å². The van der Waals surface area contributed by atoms with Gasteiger partial charge in [0.1, 0.15) is 5.82 Å². The zero-order valence-corrected chi connectivity index (χ0v) is 9.14. The maximum absolute atomic E-state index is 13.1. The van der Waals surface area contributed by atoms with Crippen LogP contribution in [0, 0.1) is 5.82 Å². The van der Waals surface area contributed by atoms with E-state index >= 15 is 0 Å². The van der Waals surface area contributed by atoms with Crippen molar-refractivity contribution in [3.05, 3.63) is 30.1 Å². The van der Waals surface area contributed by atoms with Gasteiger partial charge in [0.15, 0.2) is 5.11 Å². The van der Waals surface area contributed by atoms with Gasteiger partial charge in [-0.2, -0.15) is 0 Å². The van der Waals surface area contributed by atoms with Crippen molar-refractivity contribution in [3.63, 3.8) is 0 Å². The molecule has 0 aromatic heterocycles. The first-order chi connectivity index (χ1) is 7.09. The summed E-state index contributed by atoms with van der Waals surface area (Å²) in [7, 11) is 0. The smallest absolute Gasteiger partial charge is 0.170 e. The van der Waals surface area contributed by atoms with Crippen LogP contribution in [0.25, 0.3) is 0 Å². The Hall–Kier alpha value is -1.20. The van der Waals surface area contributed by atoms with Gasteiger partial charge in [-0.15, -0.1) is 0 Å². The number of anilines is 1. The van der Waals surface area contributed by atoms with E-state index in [4.69, 9.17) is 17.3 Å². The van der Waals surface area contributed by atoms with Crippen molar-refractivity contribution < 1.29 is 9.50 Å². The summed E-state index contributed by atoms with van der Waals surface area (Å²) in [4.78, 5) is 0. The van der Waals surface area contributed by atoms with Gasteiger partial charge in [0.2, 0.25) is 0 Å². The molecule has 82 valence electrons. The van der Waals surface area contributed by atoms with Crippen molar-refractivity contribution in [1.29, 1.82) is 0 Å². The van der Waals surface area contributed by atoms with Crippen molar-refractivity contribution in [2.24, 2.45) is 0 Å². The average molecular weight is 228 g/mol. The SMILES string of the molecule is C[C@H](O)CNC(=S)Nc1ccccc1F. The number of benzene rings is 1. The van der Waals surface area contributed by atoms with Gasteiger partial charge >= 0.3 is 0 Å². The molecule has 1 aromatic rings. The molecule has 1 atom stereocenters. The molecule has 0 saturated carbocycles. The van der Waals surface area contributed by atoms with Gasteiger partial charge in [-0.05, 0) is 31.3 Å². The summed E-state index contributed by atoms with van der Waals surface area (Å²) in [6, 6.07) is 6.25. The summed E-state index contributed by atoms with van der Waals surface area (Å²) in [6.45, 7) is 1.97. The molecular formula is C10H13FN2OS. The Morgan fingerprint density at radius 3 is 2.80 bits per heavy atom. The van der Waals surface area contributed by atoms with Crippen LogP contribution in [-0.4, -0.2) is 22.9 Å². The highest BCUT2D eigenvalue weighted by Gasteiger charge is 2.03. The van der Waals surface area contributed by atoms with Crippen molar-refractivity contribution in [1.82, 2.24) is 5.32 Å². The third-order valence-corrected chi connectivity index (χ3v) is 1.93. The Balaban J connectivity index is 2.48. The highest BCUT2D eigenvalue weighted by Crippen LogP contribution is 2.11. The van der Waals surface area contributed by atoms with Crippen LogP contribution in [0.5, 0.6) is 0 Å². The lowest BCUT2D eigenvalue weighted by Gasteiger charge is -2.11. The highest BCUT2D eigenvalue weighted by atomic mass is 32.1. The Labute approximate surface area is 93.3 Å². The maximum Gasteiger partial charge on any atom is 0.170 e. The topological polar surface area (TPSA) is 44.3 Å². The highest BCUT2D eigenvalue weighted by molar-refractivity contribution is 7.80. The van der Waals surface area contributed by atoms with Crippen LogP contribution in [0.3, 0.4) is 0 Å². The summed E-state index contributed by atoms with van der Waals surface area (Å²) in [5.74, 6) is -0.362. The molecule has 3 nitrogen and oxygen atoms in total. The average Bonchev–Trinajstić information content (AvgIpc) is 2.18. The molecule has 0 spiro atoms. The van der Waals surface area contributed by atoms with E-state index in [1.165, 1.54) is 6.07 Å². The summed E-state index contributed by atoms with van der Waals surface area (Å²) >= 11 is 4.91. The zero-order chi connectivity index (χ0) is 11.3. The molecule has 5 heteroatoms. The first-order valence-electron chi connectivity index (χ1n) is 4.57. The van der Waals surface area contributed by atoms with E-state index in [2.05, 4.69) is 10.6 Å². The number of thiocarbonyl (C=S) groups is 1. The van der Waals surface area contributed by atoms with Gasteiger partial charge < -0.3 is 15.7 Å². The summed E-state index contributed by atoms with van der Waals surface area (Å²) < 4.78 is 13.1. The lowest BCUT2D eigenvalue weighted by molar-refractivity contribution is 0.198. The van der Waals surface area contributed by atoms with Crippen LogP contribution in [0.2, 0.25) is 0 Å². The fourth-order valence-electron chi connectivity index (χ4n) is 0.969. The number of hydrogen-bond donors (Lipinski definition) is 3. The molecule has 0 bridgehead atoms. The lowest BCUT2D eigenvalue weighted by Crippen LogP contribution is -2.34. The summed E-state index contributed by atoms with van der Waals surface area (Å²) in [5, 5.41) is 14.8. The molecule has 0 aliphatic rings. The minimum absolute atomic E-state index is 0.293. The Morgan fingerprint density at radius 1 is 1.53 bits per heavy atom. The number of aliphatic hydroxyl groups excluding tert-OH is 1. The molecule has 0 amide bonds. The minimum Gasteiger partial charge on any atom is -0.392 e. The zero-order valence-electron chi connectivity index (χ0n) is 8.33. The van der Waals surface area contributed by atoms with Gasteiger partial charge in [0, 0.05) is 6.54 Å². The predicted octanol–water partition coefficient (Wildman–Crippen LogP) is 1.49. The molecule has 0 radical (unpaired) electrons. The van der Waals surface area contributed by atoms with Crippen LogP contribution in [0.4, 0.5) is 10.1 Å². The van der Waals surface area contributed by atoms with E-state index in [0.29, 0.717) is 17.3 Å². The van der Waals surface area contributed by atoms with Crippen molar-refractivity contribution in [3.8, 4) is 0 Å². The van der Waals surface area contributed by atoms with Crippen LogP contribution in [0.15, 0.2) is 24.3 Å². The number of aliphatic hydroxyl groups is 1. The van der Waals surface area contributed by atoms with Crippen molar-refractivity contribution in [2.75, 3.05) is 11.9 Å². The summed E-state index contributed by atoms with van der Waals surface area (Å²) in [5.41, 5.74) is 0.320. The molecular weight excluding hydrogens is 215 g/mol. The number of halogens is 1. The summed E-state index contributed by atoms with van der Waals surface area (Å²) in [6.07, 6.45) is -0.495. The fourth-order valence-corrected chi connectivity index (χ4v) is 1.16. The Morgan fingerprint density at radius 2 is 2.20 bits per heavy atom. The van der Waals surface area contributed by atoms with Crippen LogP contribution in [-0.2, 0) is 0 Å². The quantitative estimate of drug-likeness (QED) is 0.686. The number of para-hydroxylation sites is 1. The standard InChI is InChI=1S/C10H13FN2OS/c1-7(14)6-12-10(15)13-9-5-3-2-4-8(9)11/h2-5,7,14H,6H2,1H3,(H2,12,13,15)/t7-/m0/s1. The fraction of sp³-hybridized carbons (Fsp3) is 0.300. The number of nitrogens with one attached hydrogen (secondary N) is 2. The van der Waals surface area contributed by atoms with Gasteiger partial charge in [0.25, 0.3) is 0 Å². The Kier molecular flexibility index (Phi) is 4.45. The first-order valence-corrected chi connectivity index (χ1v) is 4.98. The monoisotopic (exact) mass is 228 g/mol. The maximum atomic E-state index is 13.1. The lowest BCUT2D eigenvalue weighted by atomic mass is 10.3. The van der Waals surface area contributed by atoms with E-state index in [-0.39, 0.29) is 5.82 Å². The molecule has 0 fully saturated rings. The van der Waals surface area contributed by atoms with Gasteiger partial charge in [-0.25, -0.2) is 4.39 Å². The van der Waals surface area contributed by atoms with Crippen molar-refractivity contribution >= 4 is 23.0 Å². The third-order valence-electron chi connectivity index (χ3n) is 1.68. The predicted molar refractivity (Wildman–Crippen MR) is 62.3 cm³/mol. The second-order valence-electron chi connectivity index (χ2n) is 3.16. The second-order valence-corrected chi connectivity index (χ2v) is 3.57. The molecule has 1 aromatic carbocycles. The first kappa shape index (κ1) is 11.9.